The number of nitro groups is 1. The molecule has 0 saturated heterocycles. The van der Waals surface area contributed by atoms with Crippen LogP contribution in [0.3, 0.4) is 0 Å². The summed E-state index contributed by atoms with van der Waals surface area (Å²) in [4.78, 5) is 10.3. The fourth-order valence-electron chi connectivity index (χ4n) is 1.51. The molecule has 0 aliphatic rings. The lowest BCUT2D eigenvalue weighted by Crippen LogP contribution is -1.97. The van der Waals surface area contributed by atoms with Gasteiger partial charge in [-0.25, -0.2) is 0 Å². The van der Waals surface area contributed by atoms with Crippen molar-refractivity contribution < 1.29 is 9.66 Å². The molecule has 0 amide bonds. The van der Waals surface area contributed by atoms with Crippen LogP contribution < -0.4 is 4.74 Å². The molecule has 0 aliphatic heterocycles. The zero-order valence-electron chi connectivity index (χ0n) is 9.68. The van der Waals surface area contributed by atoms with Crippen LogP contribution >= 0.6 is 31.9 Å². The second kappa shape index (κ2) is 6.16. The molecule has 98 valence electrons. The van der Waals surface area contributed by atoms with Gasteiger partial charge in [0.2, 0.25) is 0 Å². The molecule has 0 aliphatic carbocycles. The molecule has 2 aromatic carbocycles. The third kappa shape index (κ3) is 3.78. The second-order valence-corrected chi connectivity index (χ2v) is 5.55. The van der Waals surface area contributed by atoms with E-state index in [1.807, 2.05) is 24.3 Å². The van der Waals surface area contributed by atoms with Crippen molar-refractivity contribution in [1.82, 2.24) is 0 Å². The summed E-state index contributed by atoms with van der Waals surface area (Å²) < 4.78 is 7.14. The van der Waals surface area contributed by atoms with E-state index in [9.17, 15) is 10.1 Å². The van der Waals surface area contributed by atoms with Crippen LogP contribution in [-0.2, 0) is 6.61 Å². The average Bonchev–Trinajstić information content (AvgIpc) is 2.37. The van der Waals surface area contributed by atoms with Crippen molar-refractivity contribution in [2.75, 3.05) is 0 Å². The molecule has 19 heavy (non-hydrogen) atoms. The van der Waals surface area contributed by atoms with E-state index < -0.39 is 4.92 Å². The van der Waals surface area contributed by atoms with Crippen molar-refractivity contribution in [3.8, 4) is 5.75 Å². The molecule has 2 aromatic rings. The normalized spacial score (nSPS) is 10.2. The number of rotatable bonds is 4. The Hall–Kier alpha value is -1.40. The number of ether oxygens (including phenoxy) is 1. The Morgan fingerprint density at radius 3 is 2.58 bits per heavy atom. The third-order valence-corrected chi connectivity index (χ3v) is 3.65. The lowest BCUT2D eigenvalue weighted by atomic mass is 10.2. The Bertz CT molecular complexity index is 617. The van der Waals surface area contributed by atoms with E-state index in [2.05, 4.69) is 31.9 Å². The zero-order chi connectivity index (χ0) is 13.8. The summed E-state index contributed by atoms with van der Waals surface area (Å²) in [5.74, 6) is 0.455. The molecule has 0 radical (unpaired) electrons. The molecule has 0 N–H and O–H groups in total. The zero-order valence-corrected chi connectivity index (χ0v) is 12.8. The highest BCUT2D eigenvalue weighted by Crippen LogP contribution is 2.27. The number of halogens is 2. The third-order valence-electron chi connectivity index (χ3n) is 2.42. The van der Waals surface area contributed by atoms with Gasteiger partial charge in [0.25, 0.3) is 5.69 Å². The second-order valence-electron chi connectivity index (χ2n) is 3.78. The first kappa shape index (κ1) is 14.0. The first-order chi connectivity index (χ1) is 9.06. The van der Waals surface area contributed by atoms with Crippen LogP contribution in [0, 0.1) is 10.1 Å². The average molecular weight is 387 g/mol. The minimum absolute atomic E-state index is 0.00324. The van der Waals surface area contributed by atoms with Crippen LogP contribution in [0.25, 0.3) is 0 Å². The fourth-order valence-corrected chi connectivity index (χ4v) is 2.37. The van der Waals surface area contributed by atoms with Gasteiger partial charge < -0.3 is 4.74 Å². The Morgan fingerprint density at radius 1 is 1.16 bits per heavy atom. The maximum absolute atomic E-state index is 10.8. The standard InChI is InChI=1S/C13H9Br2NO3/c14-10-5-11(16(17)18)7-12(6-10)19-8-9-3-1-2-4-13(9)15/h1-7H,8H2. The predicted octanol–water partition coefficient (Wildman–Crippen LogP) is 4.70. The highest BCUT2D eigenvalue weighted by atomic mass is 79.9. The van der Waals surface area contributed by atoms with E-state index in [-0.39, 0.29) is 5.69 Å². The molecule has 0 atom stereocenters. The molecule has 0 aromatic heterocycles. The molecule has 2 rings (SSSR count). The number of nitro benzene ring substituents is 1. The van der Waals surface area contributed by atoms with Gasteiger partial charge >= 0.3 is 0 Å². The maximum atomic E-state index is 10.8. The summed E-state index contributed by atoms with van der Waals surface area (Å²) >= 11 is 6.65. The van der Waals surface area contributed by atoms with Gasteiger partial charge in [0.15, 0.2) is 0 Å². The van der Waals surface area contributed by atoms with E-state index in [1.165, 1.54) is 12.1 Å². The fraction of sp³-hybridized carbons (Fsp3) is 0.0769. The molecule has 0 unspecified atom stereocenters. The van der Waals surface area contributed by atoms with Crippen LogP contribution in [0.4, 0.5) is 5.69 Å². The molecule has 0 fully saturated rings. The van der Waals surface area contributed by atoms with Crippen LogP contribution in [0.5, 0.6) is 5.75 Å². The first-order valence-electron chi connectivity index (χ1n) is 5.37. The van der Waals surface area contributed by atoms with Crippen LogP contribution in [-0.4, -0.2) is 4.92 Å². The predicted molar refractivity (Wildman–Crippen MR) is 79.3 cm³/mol. The van der Waals surface area contributed by atoms with Crippen molar-refractivity contribution in [2.24, 2.45) is 0 Å². The van der Waals surface area contributed by atoms with Crippen molar-refractivity contribution in [2.45, 2.75) is 6.61 Å². The van der Waals surface area contributed by atoms with E-state index in [4.69, 9.17) is 4.74 Å². The maximum Gasteiger partial charge on any atom is 0.274 e. The molecule has 0 bridgehead atoms. The van der Waals surface area contributed by atoms with Gasteiger partial charge in [0, 0.05) is 20.6 Å². The summed E-state index contributed by atoms with van der Waals surface area (Å²) in [6.07, 6.45) is 0. The molecule has 0 heterocycles. The van der Waals surface area contributed by atoms with Crippen molar-refractivity contribution in [3.05, 3.63) is 67.1 Å². The highest BCUT2D eigenvalue weighted by molar-refractivity contribution is 9.10. The molecule has 0 saturated carbocycles. The van der Waals surface area contributed by atoms with Crippen LogP contribution in [0.1, 0.15) is 5.56 Å². The number of nitrogens with zero attached hydrogens (tertiary/aromatic N) is 1. The molecule has 4 nitrogen and oxygen atoms in total. The number of hydrogen-bond donors (Lipinski definition) is 0. The van der Waals surface area contributed by atoms with E-state index in [0.717, 1.165) is 10.0 Å². The van der Waals surface area contributed by atoms with E-state index in [1.54, 1.807) is 6.07 Å². The van der Waals surface area contributed by atoms with Gasteiger partial charge in [-0.1, -0.05) is 50.1 Å². The largest absolute Gasteiger partial charge is 0.489 e. The van der Waals surface area contributed by atoms with Gasteiger partial charge in [0.1, 0.15) is 12.4 Å². The SMILES string of the molecule is O=[N+]([O-])c1cc(Br)cc(OCc2ccccc2Br)c1. The monoisotopic (exact) mass is 385 g/mol. The van der Waals surface area contributed by atoms with Gasteiger partial charge in [-0.2, -0.15) is 0 Å². The Kier molecular flexibility index (Phi) is 4.55. The summed E-state index contributed by atoms with van der Waals surface area (Å²) in [5.41, 5.74) is 0.974. The molecule has 6 heteroatoms. The quantitative estimate of drug-likeness (QED) is 0.565. The smallest absolute Gasteiger partial charge is 0.274 e. The lowest BCUT2D eigenvalue weighted by Gasteiger charge is -2.08. The van der Waals surface area contributed by atoms with Crippen molar-refractivity contribution in [1.29, 1.82) is 0 Å². The first-order valence-corrected chi connectivity index (χ1v) is 6.96. The van der Waals surface area contributed by atoms with Gasteiger partial charge in [-0.05, 0) is 12.1 Å². The Morgan fingerprint density at radius 2 is 1.89 bits per heavy atom. The lowest BCUT2D eigenvalue weighted by molar-refractivity contribution is -0.385. The minimum atomic E-state index is -0.448. The summed E-state index contributed by atoms with van der Waals surface area (Å²) in [7, 11) is 0. The van der Waals surface area contributed by atoms with Crippen molar-refractivity contribution >= 4 is 37.5 Å². The summed E-state index contributed by atoms with van der Waals surface area (Å²) in [6, 6.07) is 12.2. The van der Waals surface area contributed by atoms with Gasteiger partial charge in [-0.3, -0.25) is 10.1 Å². The summed E-state index contributed by atoms with van der Waals surface area (Å²) in [5, 5.41) is 10.8. The van der Waals surface area contributed by atoms with Gasteiger partial charge in [0.05, 0.1) is 11.0 Å². The number of hydrogen-bond acceptors (Lipinski definition) is 3. The van der Waals surface area contributed by atoms with Crippen molar-refractivity contribution in [3.63, 3.8) is 0 Å². The van der Waals surface area contributed by atoms with Crippen LogP contribution in [0.15, 0.2) is 51.4 Å². The Balaban J connectivity index is 2.16. The minimum Gasteiger partial charge on any atom is -0.489 e. The number of non-ortho nitro benzene ring substituents is 1. The molecular formula is C13H9Br2NO3. The Labute approximate surface area is 126 Å². The summed E-state index contributed by atoms with van der Waals surface area (Å²) in [6.45, 7) is 0.342. The van der Waals surface area contributed by atoms with Crippen LogP contribution in [0.2, 0.25) is 0 Å². The van der Waals surface area contributed by atoms with E-state index in [0.29, 0.717) is 16.8 Å². The highest BCUT2D eigenvalue weighted by Gasteiger charge is 2.10. The topological polar surface area (TPSA) is 52.4 Å². The number of benzene rings is 2. The van der Waals surface area contributed by atoms with E-state index >= 15 is 0 Å². The molecular weight excluding hydrogens is 378 g/mol. The van der Waals surface area contributed by atoms with Gasteiger partial charge in [-0.15, -0.1) is 0 Å². The molecule has 0 spiro atoms.